The summed E-state index contributed by atoms with van der Waals surface area (Å²) >= 11 is 0. The Bertz CT molecular complexity index is 1260. The molecule has 0 unspecified atom stereocenters. The van der Waals surface area contributed by atoms with E-state index in [2.05, 4.69) is 15.3 Å². The molecule has 0 aliphatic carbocycles. The van der Waals surface area contributed by atoms with E-state index >= 15 is 0 Å². The molecule has 5 nitrogen and oxygen atoms in total. The predicted octanol–water partition coefficient (Wildman–Crippen LogP) is 5.17. The molecular formula is C26H20N4O. The van der Waals surface area contributed by atoms with Crippen molar-refractivity contribution in [3.05, 3.63) is 121 Å². The smallest absolute Gasteiger partial charge is 0.236 e. The van der Waals surface area contributed by atoms with E-state index in [1.54, 1.807) is 6.20 Å². The minimum atomic E-state index is -0.398. The SMILES string of the molecule is O=C(Nc1cccc(-c2cn3cccnc3n2)c1)C(c1ccccc1)c1ccccc1. The second kappa shape index (κ2) is 8.24. The summed E-state index contributed by atoms with van der Waals surface area (Å²) in [5.74, 6) is 0.164. The summed E-state index contributed by atoms with van der Waals surface area (Å²) in [5.41, 5.74) is 4.35. The normalized spacial score (nSPS) is 11.0. The zero-order chi connectivity index (χ0) is 21.0. The highest BCUT2D eigenvalue weighted by molar-refractivity contribution is 5.98. The standard InChI is InChI=1S/C26H20N4O/c31-25(24(19-9-3-1-4-10-19)20-11-5-2-6-12-20)28-22-14-7-13-21(17-22)23-18-30-16-8-15-27-26(30)29-23/h1-18,24H,(H,28,31). The largest absolute Gasteiger partial charge is 0.325 e. The molecule has 0 fully saturated rings. The minimum absolute atomic E-state index is 0.0776. The number of aromatic nitrogens is 3. The number of carbonyl (C=O) groups is 1. The van der Waals surface area contributed by atoms with Crippen molar-refractivity contribution in [3.63, 3.8) is 0 Å². The number of hydrogen-bond donors (Lipinski definition) is 1. The van der Waals surface area contributed by atoms with Crippen LogP contribution in [-0.2, 0) is 4.79 Å². The van der Waals surface area contributed by atoms with Crippen LogP contribution in [0.15, 0.2) is 110 Å². The molecule has 0 spiro atoms. The molecule has 5 rings (SSSR count). The third-order valence-corrected chi connectivity index (χ3v) is 5.19. The number of imidazole rings is 1. The molecule has 2 aromatic heterocycles. The van der Waals surface area contributed by atoms with Gasteiger partial charge in [-0.1, -0.05) is 72.8 Å². The first-order chi connectivity index (χ1) is 15.3. The molecule has 5 aromatic rings. The molecule has 0 saturated heterocycles. The molecule has 2 heterocycles. The van der Waals surface area contributed by atoms with E-state index in [1.165, 1.54) is 0 Å². The summed E-state index contributed by atoms with van der Waals surface area (Å²) < 4.78 is 1.88. The van der Waals surface area contributed by atoms with Crippen molar-refractivity contribution in [3.8, 4) is 11.3 Å². The molecular weight excluding hydrogens is 384 g/mol. The summed E-state index contributed by atoms with van der Waals surface area (Å²) in [6, 6.07) is 29.3. The second-order valence-electron chi connectivity index (χ2n) is 7.28. The number of amides is 1. The first-order valence-corrected chi connectivity index (χ1v) is 10.1. The van der Waals surface area contributed by atoms with Gasteiger partial charge in [0.05, 0.1) is 11.6 Å². The van der Waals surface area contributed by atoms with E-state index in [0.29, 0.717) is 5.78 Å². The highest BCUT2D eigenvalue weighted by Crippen LogP contribution is 2.27. The van der Waals surface area contributed by atoms with Gasteiger partial charge in [-0.05, 0) is 29.3 Å². The van der Waals surface area contributed by atoms with Crippen molar-refractivity contribution >= 4 is 17.4 Å². The van der Waals surface area contributed by atoms with Crippen LogP contribution in [0.4, 0.5) is 5.69 Å². The van der Waals surface area contributed by atoms with E-state index in [4.69, 9.17) is 0 Å². The van der Waals surface area contributed by atoms with Crippen LogP contribution < -0.4 is 5.32 Å². The Kier molecular flexibility index (Phi) is 4.99. The van der Waals surface area contributed by atoms with E-state index in [0.717, 1.165) is 28.1 Å². The van der Waals surface area contributed by atoms with Gasteiger partial charge in [0.2, 0.25) is 11.7 Å². The van der Waals surface area contributed by atoms with Crippen molar-refractivity contribution in [2.75, 3.05) is 5.32 Å². The number of nitrogens with zero attached hydrogens (tertiary/aromatic N) is 3. The second-order valence-corrected chi connectivity index (χ2v) is 7.28. The van der Waals surface area contributed by atoms with Crippen LogP contribution in [0.1, 0.15) is 17.0 Å². The highest BCUT2D eigenvalue weighted by Gasteiger charge is 2.22. The zero-order valence-corrected chi connectivity index (χ0v) is 16.7. The number of rotatable bonds is 5. The number of carbonyl (C=O) groups excluding carboxylic acids is 1. The average molecular weight is 404 g/mol. The molecule has 0 atom stereocenters. The third kappa shape index (κ3) is 3.94. The fourth-order valence-corrected chi connectivity index (χ4v) is 3.73. The lowest BCUT2D eigenvalue weighted by Crippen LogP contribution is -2.22. The Morgan fingerprint density at radius 3 is 2.23 bits per heavy atom. The van der Waals surface area contributed by atoms with Crippen molar-refractivity contribution in [1.82, 2.24) is 14.4 Å². The average Bonchev–Trinajstić information content (AvgIpc) is 3.25. The van der Waals surface area contributed by atoms with Crippen molar-refractivity contribution in [2.45, 2.75) is 5.92 Å². The number of benzene rings is 3. The summed E-state index contributed by atoms with van der Waals surface area (Å²) in [7, 11) is 0. The molecule has 5 heteroatoms. The monoisotopic (exact) mass is 404 g/mol. The van der Waals surface area contributed by atoms with Crippen LogP contribution in [-0.4, -0.2) is 20.3 Å². The Labute approximate surface area is 180 Å². The lowest BCUT2D eigenvalue weighted by Gasteiger charge is -2.18. The van der Waals surface area contributed by atoms with Gasteiger partial charge in [0.25, 0.3) is 0 Å². The maximum Gasteiger partial charge on any atom is 0.236 e. The Balaban J connectivity index is 1.45. The minimum Gasteiger partial charge on any atom is -0.325 e. The summed E-state index contributed by atoms with van der Waals surface area (Å²) in [6.07, 6.45) is 5.56. The number of hydrogen-bond acceptors (Lipinski definition) is 3. The maximum absolute atomic E-state index is 13.4. The van der Waals surface area contributed by atoms with Gasteiger partial charge in [-0.15, -0.1) is 0 Å². The number of nitrogens with one attached hydrogen (secondary N) is 1. The first-order valence-electron chi connectivity index (χ1n) is 10.1. The summed E-state index contributed by atoms with van der Waals surface area (Å²) in [6.45, 7) is 0. The molecule has 0 aliphatic heterocycles. The van der Waals surface area contributed by atoms with Gasteiger partial charge in [0.1, 0.15) is 0 Å². The lowest BCUT2D eigenvalue weighted by atomic mass is 9.90. The first kappa shape index (κ1) is 18.8. The Hall–Kier alpha value is -4.25. The van der Waals surface area contributed by atoms with Gasteiger partial charge in [-0.2, -0.15) is 0 Å². The van der Waals surface area contributed by atoms with E-state index in [-0.39, 0.29) is 5.91 Å². The fraction of sp³-hybridized carbons (Fsp3) is 0.0385. The lowest BCUT2D eigenvalue weighted by molar-refractivity contribution is -0.116. The summed E-state index contributed by atoms with van der Waals surface area (Å²) in [4.78, 5) is 22.2. The quantitative estimate of drug-likeness (QED) is 0.440. The van der Waals surface area contributed by atoms with Gasteiger partial charge >= 0.3 is 0 Å². The molecule has 0 bridgehead atoms. The van der Waals surface area contributed by atoms with Gasteiger partial charge in [-0.3, -0.25) is 9.20 Å². The van der Waals surface area contributed by atoms with Crippen LogP contribution in [0.25, 0.3) is 17.0 Å². The van der Waals surface area contributed by atoms with Gasteiger partial charge in [0.15, 0.2) is 0 Å². The van der Waals surface area contributed by atoms with Crippen molar-refractivity contribution in [1.29, 1.82) is 0 Å². The topological polar surface area (TPSA) is 59.3 Å². The summed E-state index contributed by atoms with van der Waals surface area (Å²) in [5, 5.41) is 3.09. The van der Waals surface area contributed by atoms with Crippen LogP contribution in [0.2, 0.25) is 0 Å². The number of fused-ring (bicyclic) bond motifs is 1. The van der Waals surface area contributed by atoms with E-state index in [1.807, 2.05) is 108 Å². The molecule has 1 amide bonds. The molecule has 1 N–H and O–H groups in total. The zero-order valence-electron chi connectivity index (χ0n) is 16.7. The van der Waals surface area contributed by atoms with E-state index in [9.17, 15) is 4.79 Å². The van der Waals surface area contributed by atoms with Crippen LogP contribution in [0.3, 0.4) is 0 Å². The van der Waals surface area contributed by atoms with Crippen molar-refractivity contribution < 1.29 is 4.79 Å². The van der Waals surface area contributed by atoms with Crippen LogP contribution in [0, 0.1) is 0 Å². The maximum atomic E-state index is 13.4. The number of anilines is 1. The fourth-order valence-electron chi connectivity index (χ4n) is 3.73. The molecule has 150 valence electrons. The van der Waals surface area contributed by atoms with Crippen molar-refractivity contribution in [2.24, 2.45) is 0 Å². The molecule has 0 aliphatic rings. The Morgan fingerprint density at radius 2 is 1.55 bits per heavy atom. The van der Waals surface area contributed by atoms with Gasteiger partial charge < -0.3 is 5.32 Å². The predicted molar refractivity (Wildman–Crippen MR) is 122 cm³/mol. The molecule has 3 aromatic carbocycles. The molecule has 31 heavy (non-hydrogen) atoms. The van der Waals surface area contributed by atoms with Gasteiger partial charge in [-0.25, -0.2) is 9.97 Å². The highest BCUT2D eigenvalue weighted by atomic mass is 16.1. The molecule has 0 radical (unpaired) electrons. The van der Waals surface area contributed by atoms with Crippen LogP contribution in [0.5, 0.6) is 0 Å². The Morgan fingerprint density at radius 1 is 0.839 bits per heavy atom. The molecule has 0 saturated carbocycles. The third-order valence-electron chi connectivity index (χ3n) is 5.19. The van der Waals surface area contributed by atoms with Crippen LogP contribution >= 0.6 is 0 Å². The van der Waals surface area contributed by atoms with Gasteiger partial charge in [0, 0.05) is 29.8 Å². The van der Waals surface area contributed by atoms with E-state index < -0.39 is 5.92 Å².